The molecule has 0 atom stereocenters. The summed E-state index contributed by atoms with van der Waals surface area (Å²) in [4.78, 5) is 21.5. The van der Waals surface area contributed by atoms with Gasteiger partial charge in [0.25, 0.3) is 0 Å². The second-order valence-corrected chi connectivity index (χ2v) is 8.22. The lowest BCUT2D eigenvalue weighted by Gasteiger charge is -2.07. The molecule has 2 heterocycles. The zero-order valence-electron chi connectivity index (χ0n) is 16.5. The minimum absolute atomic E-state index is 0.0732. The van der Waals surface area contributed by atoms with Crippen LogP contribution in [0.5, 0.6) is 0 Å². The van der Waals surface area contributed by atoms with Crippen LogP contribution in [-0.2, 0) is 17.6 Å². The molecule has 5 rings (SSSR count). The Labute approximate surface area is 178 Å². The van der Waals surface area contributed by atoms with E-state index in [4.69, 9.17) is 0 Å². The van der Waals surface area contributed by atoms with Crippen LogP contribution in [-0.4, -0.2) is 15.9 Å². The number of thiazole rings is 1. The molecule has 0 saturated heterocycles. The molecule has 4 aromatic rings. The Morgan fingerprint density at radius 3 is 2.77 bits per heavy atom. The fraction of sp³-hybridized carbons (Fsp3) is 0.125. The number of benzene rings is 2. The number of aromatic nitrogens is 2. The van der Waals surface area contributed by atoms with E-state index in [9.17, 15) is 4.79 Å². The molecule has 30 heavy (non-hydrogen) atoms. The standard InChI is InChI=1S/C24H20N4OS/c1-15-5-4-8-22(25-15)28-24-27-19(14-30-24)13-23(29)26-18-9-10-21-17(12-18)11-16-6-2-3-7-20(16)21/h2-10,12,14H,11,13H2,1H3,(H,26,29)(H,25,27,28). The van der Waals surface area contributed by atoms with Crippen LogP contribution in [0.2, 0.25) is 0 Å². The predicted octanol–water partition coefficient (Wildman–Crippen LogP) is 5.34. The van der Waals surface area contributed by atoms with E-state index in [1.165, 1.54) is 33.6 Å². The van der Waals surface area contributed by atoms with Crippen molar-refractivity contribution in [2.75, 3.05) is 10.6 Å². The summed E-state index contributed by atoms with van der Waals surface area (Å²) in [6.45, 7) is 1.94. The number of nitrogens with zero attached hydrogens (tertiary/aromatic N) is 2. The number of carbonyl (C=O) groups is 1. The Bertz CT molecular complexity index is 1250. The van der Waals surface area contributed by atoms with Crippen LogP contribution in [0, 0.1) is 6.92 Å². The van der Waals surface area contributed by atoms with E-state index < -0.39 is 0 Å². The molecule has 0 aliphatic heterocycles. The van der Waals surface area contributed by atoms with Gasteiger partial charge in [0.2, 0.25) is 5.91 Å². The maximum atomic E-state index is 12.5. The van der Waals surface area contributed by atoms with E-state index in [0.29, 0.717) is 0 Å². The Kier molecular flexibility index (Phi) is 4.77. The molecule has 0 radical (unpaired) electrons. The monoisotopic (exact) mass is 412 g/mol. The fourth-order valence-electron chi connectivity index (χ4n) is 3.76. The number of nitrogens with one attached hydrogen (secondary N) is 2. The average molecular weight is 413 g/mol. The van der Waals surface area contributed by atoms with Crippen LogP contribution in [0.25, 0.3) is 11.1 Å². The summed E-state index contributed by atoms with van der Waals surface area (Å²) in [6.07, 6.45) is 1.14. The van der Waals surface area contributed by atoms with E-state index in [1.54, 1.807) is 0 Å². The van der Waals surface area contributed by atoms with Crippen LogP contribution in [0.3, 0.4) is 0 Å². The first-order chi connectivity index (χ1) is 14.6. The molecule has 1 amide bonds. The van der Waals surface area contributed by atoms with E-state index in [0.717, 1.165) is 34.4 Å². The maximum Gasteiger partial charge on any atom is 0.230 e. The van der Waals surface area contributed by atoms with Crippen LogP contribution >= 0.6 is 11.3 Å². The minimum Gasteiger partial charge on any atom is -0.326 e. The molecule has 2 aromatic heterocycles. The molecule has 0 unspecified atom stereocenters. The molecule has 6 heteroatoms. The SMILES string of the molecule is Cc1cccc(Nc2nc(CC(=O)Nc3ccc4c(c3)Cc3ccccc3-4)cs2)n1. The van der Waals surface area contributed by atoms with Crippen molar-refractivity contribution < 1.29 is 4.79 Å². The number of hydrogen-bond acceptors (Lipinski definition) is 5. The van der Waals surface area contributed by atoms with Crippen molar-refractivity contribution in [1.29, 1.82) is 0 Å². The van der Waals surface area contributed by atoms with Gasteiger partial charge in [-0.2, -0.15) is 0 Å². The van der Waals surface area contributed by atoms with Gasteiger partial charge < -0.3 is 10.6 Å². The quantitative estimate of drug-likeness (QED) is 0.409. The van der Waals surface area contributed by atoms with Gasteiger partial charge in [0.05, 0.1) is 12.1 Å². The van der Waals surface area contributed by atoms with Gasteiger partial charge in [-0.3, -0.25) is 4.79 Å². The summed E-state index contributed by atoms with van der Waals surface area (Å²) in [5, 5.41) is 8.82. The smallest absolute Gasteiger partial charge is 0.230 e. The van der Waals surface area contributed by atoms with Gasteiger partial charge in [-0.25, -0.2) is 9.97 Å². The molecule has 2 aromatic carbocycles. The molecule has 148 valence electrons. The summed E-state index contributed by atoms with van der Waals surface area (Å²) in [7, 11) is 0. The van der Waals surface area contributed by atoms with Crippen LogP contribution < -0.4 is 10.6 Å². The van der Waals surface area contributed by atoms with Gasteiger partial charge >= 0.3 is 0 Å². The second-order valence-electron chi connectivity index (χ2n) is 7.36. The third-order valence-electron chi connectivity index (χ3n) is 5.09. The van der Waals surface area contributed by atoms with E-state index >= 15 is 0 Å². The van der Waals surface area contributed by atoms with Crippen molar-refractivity contribution >= 4 is 33.9 Å². The number of hydrogen-bond donors (Lipinski definition) is 2. The second kappa shape index (κ2) is 7.72. The Hall–Kier alpha value is -3.51. The van der Waals surface area contributed by atoms with Gasteiger partial charge in [0.1, 0.15) is 5.82 Å². The van der Waals surface area contributed by atoms with Crippen LogP contribution in [0.4, 0.5) is 16.6 Å². The van der Waals surface area contributed by atoms with Crippen molar-refractivity contribution in [2.45, 2.75) is 19.8 Å². The number of rotatable bonds is 5. The summed E-state index contributed by atoms with van der Waals surface area (Å²) in [5.41, 5.74) is 7.62. The number of amides is 1. The number of fused-ring (bicyclic) bond motifs is 3. The highest BCUT2D eigenvalue weighted by Crippen LogP contribution is 2.37. The minimum atomic E-state index is -0.0732. The van der Waals surface area contributed by atoms with Crippen molar-refractivity contribution in [2.24, 2.45) is 0 Å². The van der Waals surface area contributed by atoms with Crippen molar-refractivity contribution in [3.63, 3.8) is 0 Å². The predicted molar refractivity (Wildman–Crippen MR) is 121 cm³/mol. The molecule has 0 spiro atoms. The fourth-order valence-corrected chi connectivity index (χ4v) is 4.48. The molecule has 2 N–H and O–H groups in total. The first-order valence-electron chi connectivity index (χ1n) is 9.80. The highest BCUT2D eigenvalue weighted by Gasteiger charge is 2.18. The lowest BCUT2D eigenvalue weighted by atomic mass is 10.1. The lowest BCUT2D eigenvalue weighted by Crippen LogP contribution is -2.14. The number of aryl methyl sites for hydroxylation is 1. The number of pyridine rings is 1. The van der Waals surface area contributed by atoms with Gasteiger partial charge in [-0.1, -0.05) is 36.4 Å². The Morgan fingerprint density at radius 2 is 1.87 bits per heavy atom. The summed E-state index contributed by atoms with van der Waals surface area (Å²) in [5.74, 6) is 0.676. The normalized spacial score (nSPS) is 11.6. The van der Waals surface area contributed by atoms with E-state index in [-0.39, 0.29) is 12.3 Å². The third kappa shape index (κ3) is 3.82. The van der Waals surface area contributed by atoms with Crippen LogP contribution in [0.15, 0.2) is 66.0 Å². The van der Waals surface area contributed by atoms with Gasteiger partial charge in [0, 0.05) is 16.8 Å². The van der Waals surface area contributed by atoms with E-state index in [2.05, 4.69) is 57.0 Å². The zero-order valence-corrected chi connectivity index (χ0v) is 17.3. The number of carbonyl (C=O) groups excluding carboxylic acids is 1. The summed E-state index contributed by atoms with van der Waals surface area (Å²) < 4.78 is 0. The molecular formula is C24H20N4OS. The maximum absolute atomic E-state index is 12.5. The van der Waals surface area contributed by atoms with Gasteiger partial charge in [-0.05, 0) is 59.9 Å². The molecule has 5 nitrogen and oxygen atoms in total. The van der Waals surface area contributed by atoms with Crippen molar-refractivity contribution in [1.82, 2.24) is 9.97 Å². The van der Waals surface area contributed by atoms with Crippen molar-refractivity contribution in [3.05, 3.63) is 88.6 Å². The molecular weight excluding hydrogens is 392 g/mol. The first-order valence-corrected chi connectivity index (χ1v) is 10.7. The highest BCUT2D eigenvalue weighted by molar-refractivity contribution is 7.13. The molecule has 0 saturated carbocycles. The van der Waals surface area contributed by atoms with Crippen LogP contribution in [0.1, 0.15) is 22.5 Å². The molecule has 0 fully saturated rings. The molecule has 1 aliphatic carbocycles. The Balaban J connectivity index is 1.23. The molecule has 0 bridgehead atoms. The number of anilines is 3. The summed E-state index contributed by atoms with van der Waals surface area (Å²) in [6, 6.07) is 20.4. The van der Waals surface area contributed by atoms with Gasteiger partial charge in [-0.15, -0.1) is 11.3 Å². The zero-order chi connectivity index (χ0) is 20.5. The lowest BCUT2D eigenvalue weighted by molar-refractivity contribution is -0.115. The average Bonchev–Trinajstić information content (AvgIpc) is 3.31. The highest BCUT2D eigenvalue weighted by atomic mass is 32.1. The van der Waals surface area contributed by atoms with E-state index in [1.807, 2.05) is 36.6 Å². The topological polar surface area (TPSA) is 66.9 Å². The van der Waals surface area contributed by atoms with Gasteiger partial charge in [0.15, 0.2) is 5.13 Å². The Morgan fingerprint density at radius 1 is 1.00 bits per heavy atom. The summed E-state index contributed by atoms with van der Waals surface area (Å²) >= 11 is 1.47. The third-order valence-corrected chi connectivity index (χ3v) is 5.90. The van der Waals surface area contributed by atoms with Crippen molar-refractivity contribution in [3.8, 4) is 11.1 Å². The first kappa shape index (κ1) is 18.5. The largest absolute Gasteiger partial charge is 0.326 e. The molecule has 1 aliphatic rings.